The predicted molar refractivity (Wildman–Crippen MR) is 107 cm³/mol. The third-order valence-electron chi connectivity index (χ3n) is 2.93. The zero-order valence-electron chi connectivity index (χ0n) is 14.5. The number of benzene rings is 2. The van der Waals surface area contributed by atoms with Crippen molar-refractivity contribution in [3.05, 3.63) is 71.8 Å². The Balaban J connectivity index is 0.000000416. The first kappa shape index (κ1) is 24.7. The molecule has 2 rings (SSSR count). The highest BCUT2D eigenvalue weighted by Gasteiger charge is 2.30. The van der Waals surface area contributed by atoms with E-state index in [0.717, 1.165) is 18.1 Å². The fourth-order valence-corrected chi connectivity index (χ4v) is 1.92. The molecule has 2 unspecified atom stereocenters. The van der Waals surface area contributed by atoms with Crippen molar-refractivity contribution >= 4 is 40.8 Å². The van der Waals surface area contributed by atoms with Crippen LogP contribution in [-0.2, 0) is 11.2 Å². The number of carbonyl (C=O) groups is 1. The van der Waals surface area contributed by atoms with Gasteiger partial charge in [0.05, 0.1) is 6.10 Å². The lowest BCUT2D eigenvalue weighted by molar-refractivity contribution is -0.134. The molecule has 0 spiro atoms. The van der Waals surface area contributed by atoms with Crippen LogP contribution in [0.2, 0.25) is 0 Å². The molecule has 4 nitrogen and oxygen atoms in total. The zero-order valence-corrected chi connectivity index (χ0v) is 16.8. The Kier molecular flexibility index (Phi) is 12.3. The molecule has 144 valence electrons. The molecule has 0 radical (unpaired) electrons. The third-order valence-corrected chi connectivity index (χ3v) is 3.69. The van der Waals surface area contributed by atoms with E-state index in [1.54, 1.807) is 6.92 Å². The molecular formula is C19H23Cl3O4. The van der Waals surface area contributed by atoms with Crippen LogP contribution in [0.25, 0.3) is 0 Å². The number of hydrogen-bond acceptors (Lipinski definition) is 3. The van der Waals surface area contributed by atoms with Crippen molar-refractivity contribution in [2.24, 2.45) is 0 Å². The summed E-state index contributed by atoms with van der Waals surface area (Å²) in [7, 11) is 0. The first-order chi connectivity index (χ1) is 12.0. The van der Waals surface area contributed by atoms with Gasteiger partial charge in [0.15, 0.2) is 0 Å². The standard InChI is InChI=1S/C9H9Cl3O.C8H10O.C2H4O2/c10-9(11,12)8(13)6-7-4-2-1-3-5-7;1-7(9)8-5-3-2-4-6-8;1-2(3)4/h1-5,8,13H,6H2;2-7,9H,1H3;1H3,(H,3,4). The van der Waals surface area contributed by atoms with Gasteiger partial charge in [0, 0.05) is 13.3 Å². The maximum Gasteiger partial charge on any atom is 0.300 e. The lowest BCUT2D eigenvalue weighted by Crippen LogP contribution is -2.27. The van der Waals surface area contributed by atoms with E-state index in [0.29, 0.717) is 6.42 Å². The molecule has 0 aliphatic heterocycles. The van der Waals surface area contributed by atoms with Gasteiger partial charge in [-0.25, -0.2) is 0 Å². The smallest absolute Gasteiger partial charge is 0.300 e. The summed E-state index contributed by atoms with van der Waals surface area (Å²) in [6, 6.07) is 19.0. The highest BCUT2D eigenvalue weighted by Crippen LogP contribution is 2.31. The lowest BCUT2D eigenvalue weighted by Gasteiger charge is -2.18. The van der Waals surface area contributed by atoms with Gasteiger partial charge in [0.1, 0.15) is 6.10 Å². The minimum absolute atomic E-state index is 0.341. The van der Waals surface area contributed by atoms with Crippen molar-refractivity contribution in [1.82, 2.24) is 0 Å². The van der Waals surface area contributed by atoms with Crippen molar-refractivity contribution in [2.45, 2.75) is 36.3 Å². The molecule has 0 saturated carbocycles. The summed E-state index contributed by atoms with van der Waals surface area (Å²) in [5.74, 6) is -0.833. The molecule has 7 heteroatoms. The van der Waals surface area contributed by atoms with Crippen LogP contribution >= 0.6 is 34.8 Å². The molecule has 0 aromatic heterocycles. The summed E-state index contributed by atoms with van der Waals surface area (Å²) in [5, 5.41) is 25.9. The Labute approximate surface area is 169 Å². The Bertz CT molecular complexity index is 610. The van der Waals surface area contributed by atoms with E-state index in [1.807, 2.05) is 60.7 Å². The molecule has 2 atom stereocenters. The Morgan fingerprint density at radius 1 is 0.962 bits per heavy atom. The molecule has 2 aromatic rings. The number of alkyl halides is 3. The van der Waals surface area contributed by atoms with Crippen molar-refractivity contribution in [3.8, 4) is 0 Å². The van der Waals surface area contributed by atoms with Gasteiger partial charge in [-0.15, -0.1) is 0 Å². The van der Waals surface area contributed by atoms with E-state index in [1.165, 1.54) is 0 Å². The molecule has 0 bridgehead atoms. The Morgan fingerprint density at radius 2 is 1.35 bits per heavy atom. The molecule has 0 amide bonds. The van der Waals surface area contributed by atoms with Crippen LogP contribution in [0.1, 0.15) is 31.1 Å². The molecule has 0 heterocycles. The molecule has 2 aromatic carbocycles. The van der Waals surface area contributed by atoms with Gasteiger partial charge in [-0.05, 0) is 18.1 Å². The minimum atomic E-state index is -1.62. The first-order valence-electron chi connectivity index (χ1n) is 7.75. The normalized spacial score (nSPS) is 12.6. The lowest BCUT2D eigenvalue weighted by atomic mass is 10.1. The zero-order chi connectivity index (χ0) is 20.2. The average Bonchev–Trinajstić information content (AvgIpc) is 2.56. The number of carboxylic acids is 1. The second-order valence-corrected chi connectivity index (χ2v) is 7.72. The Hall–Kier alpha value is -1.30. The molecule has 3 N–H and O–H groups in total. The number of halogens is 3. The van der Waals surface area contributed by atoms with Gasteiger partial charge in [0.25, 0.3) is 5.97 Å². The summed E-state index contributed by atoms with van der Waals surface area (Å²) in [4.78, 5) is 9.00. The fourth-order valence-electron chi connectivity index (χ4n) is 1.68. The quantitative estimate of drug-likeness (QED) is 0.623. The molecule has 0 aliphatic carbocycles. The Morgan fingerprint density at radius 3 is 1.65 bits per heavy atom. The highest BCUT2D eigenvalue weighted by molar-refractivity contribution is 6.68. The van der Waals surface area contributed by atoms with Gasteiger partial charge in [0.2, 0.25) is 3.79 Å². The van der Waals surface area contributed by atoms with Crippen LogP contribution in [0.4, 0.5) is 0 Å². The van der Waals surface area contributed by atoms with E-state index < -0.39 is 15.9 Å². The van der Waals surface area contributed by atoms with E-state index in [2.05, 4.69) is 0 Å². The first-order valence-corrected chi connectivity index (χ1v) is 8.88. The second kappa shape index (κ2) is 13.0. The maximum absolute atomic E-state index is 9.44. The number of rotatable bonds is 3. The van der Waals surface area contributed by atoms with E-state index in [9.17, 15) is 5.11 Å². The molecule has 0 aliphatic rings. The van der Waals surface area contributed by atoms with Crippen LogP contribution in [0, 0.1) is 0 Å². The molecule has 0 fully saturated rings. The number of aliphatic hydroxyl groups is 2. The number of aliphatic carboxylic acids is 1. The maximum atomic E-state index is 9.44. The van der Waals surface area contributed by atoms with Crippen LogP contribution in [0.15, 0.2) is 60.7 Å². The SMILES string of the molecule is CC(=O)O.CC(O)c1ccccc1.OC(Cc1ccccc1)C(Cl)(Cl)Cl. The monoisotopic (exact) mass is 420 g/mol. The largest absolute Gasteiger partial charge is 0.481 e. The van der Waals surface area contributed by atoms with Gasteiger partial charge < -0.3 is 15.3 Å². The van der Waals surface area contributed by atoms with Crippen molar-refractivity contribution in [1.29, 1.82) is 0 Å². The van der Waals surface area contributed by atoms with Crippen LogP contribution in [-0.4, -0.2) is 31.2 Å². The summed E-state index contributed by atoms with van der Waals surface area (Å²) in [6.07, 6.45) is -0.969. The van der Waals surface area contributed by atoms with Crippen LogP contribution in [0.3, 0.4) is 0 Å². The van der Waals surface area contributed by atoms with Crippen molar-refractivity contribution < 1.29 is 20.1 Å². The summed E-state index contributed by atoms with van der Waals surface area (Å²) in [5.41, 5.74) is 1.92. The highest BCUT2D eigenvalue weighted by atomic mass is 35.6. The van der Waals surface area contributed by atoms with Crippen molar-refractivity contribution in [3.63, 3.8) is 0 Å². The second-order valence-electron chi connectivity index (χ2n) is 5.35. The van der Waals surface area contributed by atoms with Gasteiger partial charge in [-0.2, -0.15) is 0 Å². The molecule has 26 heavy (non-hydrogen) atoms. The average molecular weight is 422 g/mol. The fraction of sp³-hybridized carbons (Fsp3) is 0.316. The van der Waals surface area contributed by atoms with E-state index in [4.69, 9.17) is 49.8 Å². The van der Waals surface area contributed by atoms with Gasteiger partial charge >= 0.3 is 0 Å². The topological polar surface area (TPSA) is 77.8 Å². The van der Waals surface area contributed by atoms with E-state index >= 15 is 0 Å². The van der Waals surface area contributed by atoms with Gasteiger partial charge in [-0.3, -0.25) is 4.79 Å². The summed E-state index contributed by atoms with van der Waals surface area (Å²) in [6.45, 7) is 2.84. The number of hydrogen-bond donors (Lipinski definition) is 3. The third kappa shape index (κ3) is 13.0. The van der Waals surface area contributed by atoms with Gasteiger partial charge in [-0.1, -0.05) is 95.5 Å². The number of carboxylic acid groups (broad SMARTS) is 1. The van der Waals surface area contributed by atoms with E-state index in [-0.39, 0.29) is 6.10 Å². The number of aliphatic hydroxyl groups excluding tert-OH is 2. The minimum Gasteiger partial charge on any atom is -0.481 e. The van der Waals surface area contributed by atoms with Crippen molar-refractivity contribution in [2.75, 3.05) is 0 Å². The summed E-state index contributed by atoms with van der Waals surface area (Å²) < 4.78 is -1.62. The van der Waals surface area contributed by atoms with Crippen LogP contribution < -0.4 is 0 Å². The molecule has 0 saturated heterocycles. The summed E-state index contributed by atoms with van der Waals surface area (Å²) >= 11 is 16.5. The molecular weight excluding hydrogens is 399 g/mol. The van der Waals surface area contributed by atoms with Crippen LogP contribution in [0.5, 0.6) is 0 Å². The predicted octanol–water partition coefficient (Wildman–Crippen LogP) is 4.79.